The van der Waals surface area contributed by atoms with Crippen molar-refractivity contribution in [2.24, 2.45) is 0 Å². The Hall–Kier alpha value is -0.920. The zero-order chi connectivity index (χ0) is 14.9. The lowest BCUT2D eigenvalue weighted by atomic mass is 10.0. The Kier molecular flexibility index (Phi) is 4.82. The number of ketones is 1. The number of hydrogen-bond donors (Lipinski definition) is 0. The quantitative estimate of drug-likeness (QED) is 0.671. The smallest absolute Gasteiger partial charge is 0.198 e. The molecule has 0 fully saturated rings. The second-order valence-corrected chi connectivity index (χ2v) is 7.50. The molecule has 0 bridgehead atoms. The summed E-state index contributed by atoms with van der Waals surface area (Å²) in [6.07, 6.45) is 0. The van der Waals surface area contributed by atoms with Crippen LogP contribution in [0, 0.1) is 5.82 Å². The third kappa shape index (κ3) is 2.89. The predicted octanol–water partition coefficient (Wildman–Crippen LogP) is 4.66. The molecule has 0 unspecified atom stereocenters. The molecule has 2 rings (SSSR count). The summed E-state index contributed by atoms with van der Waals surface area (Å²) in [6.45, 7) is 0. The van der Waals surface area contributed by atoms with Crippen LogP contribution >= 0.6 is 43.2 Å². The lowest BCUT2D eigenvalue weighted by Crippen LogP contribution is -2.05. The number of halogens is 3. The Morgan fingerprint density at radius 2 is 1.70 bits per heavy atom. The van der Waals surface area contributed by atoms with E-state index in [0.717, 1.165) is 9.85 Å². The van der Waals surface area contributed by atoms with Gasteiger partial charge in [-0.25, -0.2) is 4.39 Å². The van der Waals surface area contributed by atoms with Gasteiger partial charge in [0.1, 0.15) is 5.82 Å². The number of thiophene rings is 1. The normalized spacial score (nSPS) is 10.4. The molecule has 0 saturated heterocycles. The van der Waals surface area contributed by atoms with E-state index in [0.29, 0.717) is 15.1 Å². The van der Waals surface area contributed by atoms with E-state index < -0.39 is 11.6 Å². The SMILES string of the molecule is COc1cc(F)c(C(=O)c2cc(Br)sc2Br)cc1OC. The van der Waals surface area contributed by atoms with E-state index in [1.807, 2.05) is 0 Å². The molecular formula is C13H9Br2FO3S. The molecule has 0 aliphatic rings. The molecule has 3 nitrogen and oxygen atoms in total. The first-order chi connectivity index (χ1) is 9.47. The minimum Gasteiger partial charge on any atom is -0.493 e. The fourth-order valence-electron chi connectivity index (χ4n) is 1.67. The standard InChI is InChI=1S/C13H9Br2FO3S/c1-18-9-3-6(8(16)5-10(9)19-2)12(17)7-4-11(14)20-13(7)15/h3-5H,1-2H3. The van der Waals surface area contributed by atoms with Crippen LogP contribution in [0.1, 0.15) is 15.9 Å². The summed E-state index contributed by atoms with van der Waals surface area (Å²) in [7, 11) is 2.84. The summed E-state index contributed by atoms with van der Waals surface area (Å²) >= 11 is 7.93. The van der Waals surface area contributed by atoms with Crippen molar-refractivity contribution in [1.82, 2.24) is 0 Å². The van der Waals surface area contributed by atoms with E-state index in [1.54, 1.807) is 6.07 Å². The van der Waals surface area contributed by atoms with Gasteiger partial charge in [0.2, 0.25) is 0 Å². The van der Waals surface area contributed by atoms with Gasteiger partial charge in [-0.2, -0.15) is 0 Å². The van der Waals surface area contributed by atoms with Crippen LogP contribution in [-0.4, -0.2) is 20.0 Å². The molecule has 0 atom stereocenters. The Morgan fingerprint density at radius 1 is 1.10 bits per heavy atom. The van der Waals surface area contributed by atoms with Crippen LogP contribution in [0.25, 0.3) is 0 Å². The Morgan fingerprint density at radius 3 is 2.20 bits per heavy atom. The number of ether oxygens (including phenoxy) is 2. The molecule has 0 spiro atoms. The van der Waals surface area contributed by atoms with Gasteiger partial charge in [0, 0.05) is 11.6 Å². The van der Waals surface area contributed by atoms with Gasteiger partial charge in [-0.05, 0) is 44.0 Å². The van der Waals surface area contributed by atoms with Crippen molar-refractivity contribution in [3.05, 3.63) is 42.7 Å². The van der Waals surface area contributed by atoms with Gasteiger partial charge in [0.15, 0.2) is 17.3 Å². The van der Waals surface area contributed by atoms with E-state index in [2.05, 4.69) is 31.9 Å². The van der Waals surface area contributed by atoms with Gasteiger partial charge < -0.3 is 9.47 Å². The highest BCUT2D eigenvalue weighted by Gasteiger charge is 2.21. The number of hydrogen-bond acceptors (Lipinski definition) is 4. The monoisotopic (exact) mass is 422 g/mol. The Balaban J connectivity index is 2.52. The zero-order valence-electron chi connectivity index (χ0n) is 10.5. The fraction of sp³-hybridized carbons (Fsp3) is 0.154. The summed E-state index contributed by atoms with van der Waals surface area (Å²) in [5.74, 6) is -0.520. The summed E-state index contributed by atoms with van der Waals surface area (Å²) in [4.78, 5) is 12.4. The van der Waals surface area contributed by atoms with Crippen LogP contribution in [-0.2, 0) is 0 Å². The molecule has 0 aliphatic carbocycles. The third-order valence-corrected chi connectivity index (χ3v) is 4.96. The molecule has 0 radical (unpaired) electrons. The summed E-state index contributed by atoms with van der Waals surface area (Å²) < 4.78 is 25.6. The van der Waals surface area contributed by atoms with Crippen LogP contribution in [0.15, 0.2) is 25.8 Å². The van der Waals surface area contributed by atoms with Crippen molar-refractivity contribution in [3.8, 4) is 11.5 Å². The summed E-state index contributed by atoms with van der Waals surface area (Å²) in [6, 6.07) is 4.13. The number of carbonyl (C=O) groups is 1. The van der Waals surface area contributed by atoms with Crippen molar-refractivity contribution < 1.29 is 18.7 Å². The minimum absolute atomic E-state index is 0.0614. The average Bonchev–Trinajstić information content (AvgIpc) is 2.76. The second-order valence-electron chi connectivity index (χ2n) is 3.75. The Labute approximate surface area is 136 Å². The lowest BCUT2D eigenvalue weighted by Gasteiger charge is -2.10. The molecule has 7 heteroatoms. The predicted molar refractivity (Wildman–Crippen MR) is 82.7 cm³/mol. The first-order valence-electron chi connectivity index (χ1n) is 5.39. The Bertz CT molecular complexity index is 670. The molecule has 1 aromatic heterocycles. The van der Waals surface area contributed by atoms with Crippen LogP contribution in [0.2, 0.25) is 0 Å². The largest absolute Gasteiger partial charge is 0.493 e. The van der Waals surface area contributed by atoms with Crippen molar-refractivity contribution in [1.29, 1.82) is 0 Å². The molecular weight excluding hydrogens is 415 g/mol. The van der Waals surface area contributed by atoms with Crippen molar-refractivity contribution >= 4 is 49.0 Å². The molecule has 1 aromatic carbocycles. The van der Waals surface area contributed by atoms with Crippen molar-refractivity contribution in [2.45, 2.75) is 0 Å². The van der Waals surface area contributed by atoms with E-state index >= 15 is 0 Å². The first kappa shape index (κ1) is 15.5. The van der Waals surface area contributed by atoms with Crippen LogP contribution < -0.4 is 9.47 Å². The van der Waals surface area contributed by atoms with Gasteiger partial charge in [-0.15, -0.1) is 11.3 Å². The van der Waals surface area contributed by atoms with Gasteiger partial charge in [-0.3, -0.25) is 4.79 Å². The summed E-state index contributed by atoms with van der Waals surface area (Å²) in [5.41, 5.74) is 0.335. The highest BCUT2D eigenvalue weighted by atomic mass is 79.9. The number of methoxy groups -OCH3 is 2. The van der Waals surface area contributed by atoms with Gasteiger partial charge in [-0.1, -0.05) is 0 Å². The number of carbonyl (C=O) groups excluding carboxylic acids is 1. The third-order valence-electron chi connectivity index (χ3n) is 2.62. The topological polar surface area (TPSA) is 35.5 Å². The fourth-order valence-corrected chi connectivity index (χ4v) is 4.46. The lowest BCUT2D eigenvalue weighted by molar-refractivity contribution is 0.103. The average molecular weight is 424 g/mol. The van der Waals surface area contributed by atoms with Gasteiger partial charge in [0.05, 0.1) is 27.4 Å². The van der Waals surface area contributed by atoms with Gasteiger partial charge in [0.25, 0.3) is 0 Å². The van der Waals surface area contributed by atoms with E-state index in [1.165, 1.54) is 31.6 Å². The molecule has 0 N–H and O–H groups in total. The van der Waals surface area contributed by atoms with Crippen molar-refractivity contribution in [3.63, 3.8) is 0 Å². The van der Waals surface area contributed by atoms with Crippen LogP contribution in [0.4, 0.5) is 4.39 Å². The highest BCUT2D eigenvalue weighted by Crippen LogP contribution is 2.36. The molecule has 2 aromatic rings. The number of rotatable bonds is 4. The van der Waals surface area contributed by atoms with Crippen LogP contribution in [0.3, 0.4) is 0 Å². The molecule has 20 heavy (non-hydrogen) atoms. The van der Waals surface area contributed by atoms with Crippen molar-refractivity contribution in [2.75, 3.05) is 14.2 Å². The maximum atomic E-state index is 14.0. The minimum atomic E-state index is -0.651. The number of benzene rings is 1. The van der Waals surface area contributed by atoms with Gasteiger partial charge >= 0.3 is 0 Å². The maximum absolute atomic E-state index is 14.0. The van der Waals surface area contributed by atoms with E-state index in [4.69, 9.17) is 9.47 Å². The van der Waals surface area contributed by atoms with Crippen LogP contribution in [0.5, 0.6) is 11.5 Å². The highest BCUT2D eigenvalue weighted by molar-refractivity contribution is 9.12. The summed E-state index contributed by atoms with van der Waals surface area (Å²) in [5, 5.41) is 0. The molecule has 106 valence electrons. The second kappa shape index (κ2) is 6.24. The molecule has 0 aliphatic heterocycles. The maximum Gasteiger partial charge on any atom is 0.198 e. The zero-order valence-corrected chi connectivity index (χ0v) is 14.5. The molecule has 0 amide bonds. The van der Waals surface area contributed by atoms with E-state index in [9.17, 15) is 9.18 Å². The van der Waals surface area contributed by atoms with E-state index in [-0.39, 0.29) is 11.3 Å². The molecule has 1 heterocycles. The first-order valence-corrected chi connectivity index (χ1v) is 7.79. The molecule has 0 saturated carbocycles.